The first-order valence-electron chi connectivity index (χ1n) is 6.32. The van der Waals surface area contributed by atoms with Gasteiger partial charge in [-0.05, 0) is 19.1 Å². The van der Waals surface area contributed by atoms with Crippen LogP contribution in [0.1, 0.15) is 17.3 Å². The van der Waals surface area contributed by atoms with Crippen LogP contribution in [0.2, 0.25) is 0 Å². The molecule has 0 unspecified atom stereocenters. The highest BCUT2D eigenvalue weighted by molar-refractivity contribution is 5.98. The molecular weight excluding hydrogens is 258 g/mol. The van der Waals surface area contributed by atoms with Crippen molar-refractivity contribution >= 4 is 11.9 Å². The number of carbonyl (C=O) groups excluding carboxylic acids is 2. The van der Waals surface area contributed by atoms with Gasteiger partial charge in [-0.3, -0.25) is 9.59 Å². The summed E-state index contributed by atoms with van der Waals surface area (Å²) < 4.78 is 10.0. The summed E-state index contributed by atoms with van der Waals surface area (Å²) in [7, 11) is 1.29. The van der Waals surface area contributed by atoms with Gasteiger partial charge in [-0.1, -0.05) is 24.8 Å². The number of para-hydroxylation sites is 1. The van der Waals surface area contributed by atoms with Crippen LogP contribution in [-0.4, -0.2) is 43.6 Å². The molecule has 0 atom stereocenters. The Kier molecular flexibility index (Phi) is 6.29. The Bertz CT molecular complexity index is 485. The summed E-state index contributed by atoms with van der Waals surface area (Å²) in [5, 5.41) is 0. The number of amides is 1. The second-order valence-corrected chi connectivity index (χ2v) is 3.99. The number of nitrogens with zero attached hydrogens (tertiary/aromatic N) is 1. The van der Waals surface area contributed by atoms with Gasteiger partial charge in [0.25, 0.3) is 5.91 Å². The minimum atomic E-state index is -0.454. The van der Waals surface area contributed by atoms with Crippen LogP contribution < -0.4 is 4.74 Å². The van der Waals surface area contributed by atoms with Crippen LogP contribution in [0.15, 0.2) is 36.9 Å². The van der Waals surface area contributed by atoms with Crippen LogP contribution in [-0.2, 0) is 9.53 Å². The van der Waals surface area contributed by atoms with E-state index in [1.165, 1.54) is 12.0 Å². The zero-order chi connectivity index (χ0) is 15.0. The largest absolute Gasteiger partial charge is 0.489 e. The van der Waals surface area contributed by atoms with E-state index in [-0.39, 0.29) is 12.5 Å². The van der Waals surface area contributed by atoms with Gasteiger partial charge >= 0.3 is 5.97 Å². The molecule has 1 amide bonds. The number of benzene rings is 1. The van der Waals surface area contributed by atoms with E-state index < -0.39 is 5.97 Å². The minimum Gasteiger partial charge on any atom is -0.489 e. The Labute approximate surface area is 118 Å². The third kappa shape index (κ3) is 4.12. The first kappa shape index (κ1) is 15.8. The first-order chi connectivity index (χ1) is 9.63. The van der Waals surface area contributed by atoms with E-state index in [1.54, 1.807) is 37.3 Å². The zero-order valence-corrected chi connectivity index (χ0v) is 11.8. The second-order valence-electron chi connectivity index (χ2n) is 3.99. The molecule has 5 heteroatoms. The number of ether oxygens (including phenoxy) is 2. The molecular formula is C15H19NO4. The highest BCUT2D eigenvalue weighted by Gasteiger charge is 2.20. The fourth-order valence-electron chi connectivity index (χ4n) is 1.64. The maximum atomic E-state index is 12.4. The van der Waals surface area contributed by atoms with Gasteiger partial charge in [0.15, 0.2) is 0 Å². The predicted octanol–water partition coefficient (Wildman–Crippen LogP) is 1.89. The number of methoxy groups -OCH3 is 1. The van der Waals surface area contributed by atoms with Crippen LogP contribution in [0, 0.1) is 0 Å². The number of rotatable bonds is 7. The lowest BCUT2D eigenvalue weighted by Gasteiger charge is -2.20. The molecule has 1 aromatic rings. The van der Waals surface area contributed by atoms with E-state index in [1.807, 2.05) is 0 Å². The van der Waals surface area contributed by atoms with Crippen molar-refractivity contribution in [2.45, 2.75) is 6.92 Å². The maximum absolute atomic E-state index is 12.4. The quantitative estimate of drug-likeness (QED) is 0.564. The van der Waals surface area contributed by atoms with Crippen molar-refractivity contribution in [1.29, 1.82) is 0 Å². The minimum absolute atomic E-state index is 0.0817. The molecule has 0 aromatic heterocycles. The number of carbonyl (C=O) groups is 2. The number of hydrogen-bond acceptors (Lipinski definition) is 4. The standard InChI is InChI=1S/C15H19NO4/c1-4-10-20-13-9-7-6-8-12(13)15(18)16(5-2)11-14(17)19-3/h4,6-9H,1,5,10-11H2,2-3H3. The van der Waals surface area contributed by atoms with Crippen LogP contribution in [0.5, 0.6) is 5.75 Å². The summed E-state index contributed by atoms with van der Waals surface area (Å²) in [6.07, 6.45) is 1.60. The van der Waals surface area contributed by atoms with E-state index >= 15 is 0 Å². The normalized spacial score (nSPS) is 9.70. The third-order valence-electron chi connectivity index (χ3n) is 2.69. The molecule has 5 nitrogen and oxygen atoms in total. The van der Waals surface area contributed by atoms with Gasteiger partial charge in [0.1, 0.15) is 18.9 Å². The van der Waals surface area contributed by atoms with Crippen LogP contribution in [0.4, 0.5) is 0 Å². The van der Waals surface area contributed by atoms with Crippen molar-refractivity contribution in [3.63, 3.8) is 0 Å². The van der Waals surface area contributed by atoms with Gasteiger partial charge in [-0.15, -0.1) is 0 Å². The van der Waals surface area contributed by atoms with Crippen molar-refractivity contribution in [3.05, 3.63) is 42.5 Å². The molecule has 0 fully saturated rings. The first-order valence-corrected chi connectivity index (χ1v) is 6.32. The van der Waals surface area contributed by atoms with E-state index in [4.69, 9.17) is 4.74 Å². The van der Waals surface area contributed by atoms with Gasteiger partial charge in [-0.2, -0.15) is 0 Å². The van der Waals surface area contributed by atoms with Crippen molar-refractivity contribution in [2.75, 3.05) is 26.8 Å². The zero-order valence-electron chi connectivity index (χ0n) is 11.8. The van der Waals surface area contributed by atoms with Gasteiger partial charge in [0.05, 0.1) is 12.7 Å². The smallest absolute Gasteiger partial charge is 0.325 e. The van der Waals surface area contributed by atoms with Crippen molar-refractivity contribution in [1.82, 2.24) is 4.90 Å². The van der Waals surface area contributed by atoms with E-state index in [0.717, 1.165) is 0 Å². The highest BCUT2D eigenvalue weighted by atomic mass is 16.5. The van der Waals surface area contributed by atoms with Gasteiger partial charge < -0.3 is 14.4 Å². The molecule has 0 saturated heterocycles. The summed E-state index contributed by atoms with van der Waals surface area (Å²) in [4.78, 5) is 25.1. The Morgan fingerprint density at radius 2 is 2.05 bits per heavy atom. The fraction of sp³-hybridized carbons (Fsp3) is 0.333. The predicted molar refractivity (Wildman–Crippen MR) is 75.7 cm³/mol. The maximum Gasteiger partial charge on any atom is 0.325 e. The average molecular weight is 277 g/mol. The summed E-state index contributed by atoms with van der Waals surface area (Å²) in [5.41, 5.74) is 0.417. The van der Waals surface area contributed by atoms with Gasteiger partial charge in [0.2, 0.25) is 0 Å². The van der Waals surface area contributed by atoms with Crippen LogP contribution >= 0.6 is 0 Å². The van der Waals surface area contributed by atoms with Crippen LogP contribution in [0.25, 0.3) is 0 Å². The monoisotopic (exact) mass is 277 g/mol. The van der Waals surface area contributed by atoms with Crippen molar-refractivity contribution in [2.24, 2.45) is 0 Å². The van der Waals surface area contributed by atoms with Gasteiger partial charge in [0, 0.05) is 6.54 Å². The molecule has 0 aliphatic rings. The molecule has 20 heavy (non-hydrogen) atoms. The summed E-state index contributed by atoms with van der Waals surface area (Å²) >= 11 is 0. The van der Waals surface area contributed by atoms with Crippen molar-refractivity contribution in [3.8, 4) is 5.75 Å². The molecule has 1 aromatic carbocycles. The fourth-order valence-corrected chi connectivity index (χ4v) is 1.64. The summed E-state index contributed by atoms with van der Waals surface area (Å²) in [6.45, 7) is 6.01. The Hall–Kier alpha value is -2.30. The Morgan fingerprint density at radius 3 is 2.65 bits per heavy atom. The van der Waals surface area contributed by atoms with E-state index in [0.29, 0.717) is 24.5 Å². The van der Waals surface area contributed by atoms with E-state index in [2.05, 4.69) is 11.3 Å². The second kappa shape index (κ2) is 7.99. The topological polar surface area (TPSA) is 55.8 Å². The molecule has 0 radical (unpaired) electrons. The molecule has 0 bridgehead atoms. The lowest BCUT2D eigenvalue weighted by atomic mass is 10.1. The average Bonchev–Trinajstić information content (AvgIpc) is 2.49. The third-order valence-corrected chi connectivity index (χ3v) is 2.69. The summed E-state index contributed by atoms with van der Waals surface area (Å²) in [5.74, 6) is -0.247. The Morgan fingerprint density at radius 1 is 1.35 bits per heavy atom. The van der Waals surface area contributed by atoms with Gasteiger partial charge in [-0.25, -0.2) is 0 Å². The summed E-state index contributed by atoms with van der Waals surface area (Å²) in [6, 6.07) is 6.91. The highest BCUT2D eigenvalue weighted by Crippen LogP contribution is 2.20. The molecule has 0 aliphatic heterocycles. The molecule has 0 N–H and O–H groups in total. The molecule has 0 spiro atoms. The molecule has 1 rings (SSSR count). The SMILES string of the molecule is C=CCOc1ccccc1C(=O)N(CC)CC(=O)OC. The van der Waals surface area contributed by atoms with Crippen molar-refractivity contribution < 1.29 is 19.1 Å². The Balaban J connectivity index is 2.93. The number of esters is 1. The molecule has 0 saturated carbocycles. The number of likely N-dealkylation sites (N-methyl/N-ethyl adjacent to an activating group) is 1. The molecule has 0 heterocycles. The lowest BCUT2D eigenvalue weighted by Crippen LogP contribution is -2.36. The molecule has 108 valence electrons. The van der Waals surface area contributed by atoms with E-state index in [9.17, 15) is 9.59 Å². The molecule has 0 aliphatic carbocycles. The number of hydrogen-bond donors (Lipinski definition) is 0. The van der Waals surface area contributed by atoms with Crippen LogP contribution in [0.3, 0.4) is 0 Å². The lowest BCUT2D eigenvalue weighted by molar-refractivity contribution is -0.141.